The number of anilines is 1. The Hall–Kier alpha value is -2.74. The number of Topliss-reactive ketones (excluding diaryl/α,β-unsaturated/α-hetero) is 1. The predicted octanol–water partition coefficient (Wildman–Crippen LogP) is 2.19. The highest BCUT2D eigenvalue weighted by atomic mass is 19.1. The molecule has 2 fully saturated rings. The third-order valence-corrected chi connectivity index (χ3v) is 5.51. The van der Waals surface area contributed by atoms with Crippen molar-refractivity contribution in [2.24, 2.45) is 5.92 Å². The maximum absolute atomic E-state index is 13.5. The highest BCUT2D eigenvalue weighted by Crippen LogP contribution is 2.27. The molecule has 0 bridgehead atoms. The second kappa shape index (κ2) is 7.71. The highest BCUT2D eigenvalue weighted by Gasteiger charge is 2.33. The normalized spacial score (nSPS) is 20.5. The highest BCUT2D eigenvalue weighted by molar-refractivity contribution is 6.01. The van der Waals surface area contributed by atoms with Crippen LogP contribution in [0, 0.1) is 11.7 Å². The van der Waals surface area contributed by atoms with E-state index < -0.39 is 5.82 Å². The molecule has 1 aromatic carbocycles. The van der Waals surface area contributed by atoms with Gasteiger partial charge in [0, 0.05) is 25.6 Å². The predicted molar refractivity (Wildman–Crippen MR) is 101 cm³/mol. The van der Waals surface area contributed by atoms with Gasteiger partial charge in [0.1, 0.15) is 17.7 Å². The minimum Gasteiger partial charge on any atom is -0.383 e. The fourth-order valence-electron chi connectivity index (χ4n) is 3.92. The number of amides is 1. The molecule has 0 radical (unpaired) electrons. The van der Waals surface area contributed by atoms with E-state index in [1.807, 2.05) is 0 Å². The molecule has 28 heavy (non-hydrogen) atoms. The van der Waals surface area contributed by atoms with Crippen molar-refractivity contribution in [1.82, 2.24) is 14.7 Å². The van der Waals surface area contributed by atoms with Crippen LogP contribution < -0.4 is 5.73 Å². The van der Waals surface area contributed by atoms with Crippen LogP contribution in [0.1, 0.15) is 36.0 Å². The van der Waals surface area contributed by atoms with E-state index in [2.05, 4.69) is 5.10 Å². The van der Waals surface area contributed by atoms with Gasteiger partial charge in [0.05, 0.1) is 17.4 Å². The Bertz CT molecular complexity index is 883. The number of carbonyl (C=O) groups is 2. The van der Waals surface area contributed by atoms with Crippen molar-refractivity contribution in [3.8, 4) is 5.69 Å². The number of piperidine rings is 1. The number of rotatable bonds is 4. The summed E-state index contributed by atoms with van der Waals surface area (Å²) >= 11 is 0. The van der Waals surface area contributed by atoms with Gasteiger partial charge in [-0.05, 0) is 43.9 Å². The number of ketones is 1. The molecular formula is C20H23FN4O3. The van der Waals surface area contributed by atoms with Crippen LogP contribution in [0.15, 0.2) is 30.5 Å². The van der Waals surface area contributed by atoms with Gasteiger partial charge in [0.25, 0.3) is 5.91 Å². The molecule has 0 spiro atoms. The van der Waals surface area contributed by atoms with Crippen molar-refractivity contribution in [3.63, 3.8) is 0 Å². The largest absolute Gasteiger partial charge is 0.383 e. The Morgan fingerprint density at radius 1 is 1.21 bits per heavy atom. The summed E-state index contributed by atoms with van der Waals surface area (Å²) in [5.41, 5.74) is 6.93. The summed E-state index contributed by atoms with van der Waals surface area (Å²) < 4.78 is 20.3. The fraction of sp³-hybridized carbons (Fsp3) is 0.450. The summed E-state index contributed by atoms with van der Waals surface area (Å²) in [5.74, 6) is -0.454. The molecule has 8 heteroatoms. The van der Waals surface area contributed by atoms with Gasteiger partial charge in [-0.2, -0.15) is 5.10 Å². The van der Waals surface area contributed by atoms with E-state index in [0.717, 1.165) is 12.8 Å². The molecule has 4 rings (SSSR count). The average molecular weight is 386 g/mol. The molecule has 1 atom stereocenters. The van der Waals surface area contributed by atoms with Crippen molar-refractivity contribution >= 4 is 17.5 Å². The molecule has 1 amide bonds. The molecule has 7 nitrogen and oxygen atoms in total. The zero-order valence-corrected chi connectivity index (χ0v) is 15.5. The van der Waals surface area contributed by atoms with Crippen LogP contribution in [-0.2, 0) is 9.53 Å². The lowest BCUT2D eigenvalue weighted by Crippen LogP contribution is -2.44. The van der Waals surface area contributed by atoms with Crippen LogP contribution in [0.2, 0.25) is 0 Å². The first-order valence-corrected chi connectivity index (χ1v) is 9.58. The van der Waals surface area contributed by atoms with E-state index in [4.69, 9.17) is 10.5 Å². The third kappa shape index (κ3) is 3.52. The fourth-order valence-corrected chi connectivity index (χ4v) is 3.92. The first kappa shape index (κ1) is 18.6. The van der Waals surface area contributed by atoms with E-state index >= 15 is 0 Å². The maximum atomic E-state index is 13.5. The van der Waals surface area contributed by atoms with Crippen LogP contribution in [0.3, 0.4) is 0 Å². The van der Waals surface area contributed by atoms with Crippen LogP contribution in [0.5, 0.6) is 0 Å². The third-order valence-electron chi connectivity index (χ3n) is 5.51. The standard InChI is InChI=1S/C20H23FN4O3/c21-14-3-1-4-15(11-14)25-19(22)16(12-23-25)18(26)13-6-8-24(9-7-13)20(27)17-5-2-10-28-17/h1,3-4,11-13,17H,2,5-10,22H2/t17-/m1/s1. The Morgan fingerprint density at radius 2 is 2.00 bits per heavy atom. The Kier molecular flexibility index (Phi) is 5.13. The van der Waals surface area contributed by atoms with Crippen molar-refractivity contribution in [1.29, 1.82) is 0 Å². The van der Waals surface area contributed by atoms with Crippen molar-refractivity contribution in [2.75, 3.05) is 25.4 Å². The number of benzene rings is 1. The van der Waals surface area contributed by atoms with Gasteiger partial charge < -0.3 is 15.4 Å². The smallest absolute Gasteiger partial charge is 0.251 e. The van der Waals surface area contributed by atoms with E-state index in [1.165, 1.54) is 23.0 Å². The number of nitrogen functional groups attached to an aromatic ring is 1. The number of aromatic nitrogens is 2. The molecule has 2 aliphatic rings. The number of nitrogens with two attached hydrogens (primary N) is 1. The second-order valence-corrected chi connectivity index (χ2v) is 7.30. The number of ether oxygens (including phenoxy) is 1. The van der Waals surface area contributed by atoms with Crippen molar-refractivity contribution < 1.29 is 18.7 Å². The molecule has 2 N–H and O–H groups in total. The SMILES string of the molecule is Nc1c(C(=O)C2CCN(C(=O)[C@H]3CCCO3)CC2)cnn1-c1cccc(F)c1. The average Bonchev–Trinajstić information content (AvgIpc) is 3.37. The molecule has 2 aromatic rings. The maximum Gasteiger partial charge on any atom is 0.251 e. The summed E-state index contributed by atoms with van der Waals surface area (Å²) in [6.45, 7) is 1.71. The zero-order valence-electron chi connectivity index (χ0n) is 15.5. The van der Waals surface area contributed by atoms with Crippen LogP contribution in [0.4, 0.5) is 10.2 Å². The second-order valence-electron chi connectivity index (χ2n) is 7.30. The monoisotopic (exact) mass is 386 g/mol. The molecule has 1 aromatic heterocycles. The minimum atomic E-state index is -0.399. The lowest BCUT2D eigenvalue weighted by Gasteiger charge is -2.32. The Balaban J connectivity index is 1.42. The number of hydrogen-bond donors (Lipinski definition) is 1. The lowest BCUT2D eigenvalue weighted by atomic mass is 9.89. The van der Waals surface area contributed by atoms with Gasteiger partial charge in [0.15, 0.2) is 5.78 Å². The van der Waals surface area contributed by atoms with E-state index in [9.17, 15) is 14.0 Å². The summed E-state index contributed by atoms with van der Waals surface area (Å²) in [6, 6.07) is 5.89. The first-order chi connectivity index (χ1) is 13.5. The van der Waals surface area contributed by atoms with Gasteiger partial charge in [-0.3, -0.25) is 9.59 Å². The number of hydrogen-bond acceptors (Lipinski definition) is 5. The lowest BCUT2D eigenvalue weighted by molar-refractivity contribution is -0.142. The minimum absolute atomic E-state index is 0.0295. The molecule has 3 heterocycles. The molecule has 0 saturated carbocycles. The van der Waals surface area contributed by atoms with Gasteiger partial charge in [-0.15, -0.1) is 0 Å². The topological polar surface area (TPSA) is 90.5 Å². The molecule has 0 aliphatic carbocycles. The molecule has 2 aliphatic heterocycles. The van der Waals surface area contributed by atoms with E-state index in [0.29, 0.717) is 43.8 Å². The van der Waals surface area contributed by atoms with Crippen molar-refractivity contribution in [3.05, 3.63) is 41.8 Å². The number of likely N-dealkylation sites (tertiary alicyclic amines) is 1. The number of halogens is 1. The quantitative estimate of drug-likeness (QED) is 0.814. The molecule has 148 valence electrons. The van der Waals surface area contributed by atoms with E-state index in [-0.39, 0.29) is 29.5 Å². The van der Waals surface area contributed by atoms with Crippen LogP contribution in [-0.4, -0.2) is 52.2 Å². The van der Waals surface area contributed by atoms with E-state index in [1.54, 1.807) is 17.0 Å². The molecule has 0 unspecified atom stereocenters. The Morgan fingerprint density at radius 3 is 2.68 bits per heavy atom. The first-order valence-electron chi connectivity index (χ1n) is 9.58. The number of nitrogens with zero attached hydrogens (tertiary/aromatic N) is 3. The van der Waals surface area contributed by atoms with Crippen molar-refractivity contribution in [2.45, 2.75) is 31.8 Å². The van der Waals surface area contributed by atoms with Gasteiger partial charge in [-0.1, -0.05) is 6.07 Å². The summed E-state index contributed by atoms with van der Waals surface area (Å²) in [5, 5.41) is 4.16. The zero-order chi connectivity index (χ0) is 19.7. The summed E-state index contributed by atoms with van der Waals surface area (Å²) in [6.07, 6.45) is 3.97. The molecule has 2 saturated heterocycles. The summed E-state index contributed by atoms with van der Waals surface area (Å²) in [4.78, 5) is 27.2. The Labute approximate surface area is 162 Å². The number of carbonyl (C=O) groups excluding carboxylic acids is 2. The van der Waals surface area contributed by atoms with Crippen LogP contribution in [0.25, 0.3) is 5.69 Å². The van der Waals surface area contributed by atoms with Gasteiger partial charge in [-0.25, -0.2) is 9.07 Å². The molecular weight excluding hydrogens is 363 g/mol. The van der Waals surface area contributed by atoms with Gasteiger partial charge in [0.2, 0.25) is 0 Å². The van der Waals surface area contributed by atoms with Crippen LogP contribution >= 0.6 is 0 Å². The van der Waals surface area contributed by atoms with Gasteiger partial charge >= 0.3 is 0 Å². The summed E-state index contributed by atoms with van der Waals surface area (Å²) in [7, 11) is 0.